The van der Waals surface area contributed by atoms with Crippen LogP contribution in [0.1, 0.15) is 38.2 Å². The number of methoxy groups -OCH3 is 2. The first-order valence-corrected chi connectivity index (χ1v) is 15.1. The average Bonchev–Trinajstić information content (AvgIpc) is 3.52. The molecule has 10 heteroatoms. The molecule has 0 radical (unpaired) electrons. The maximum atomic E-state index is 14.1. The summed E-state index contributed by atoms with van der Waals surface area (Å²) in [7, 11) is -1.08. The number of hydrogen-bond acceptors (Lipinski definition) is 6. The van der Waals surface area contributed by atoms with Crippen LogP contribution in [0.4, 0.5) is 5.69 Å². The Balaban J connectivity index is 1.68. The normalized spacial score (nSPS) is 14.2. The van der Waals surface area contributed by atoms with E-state index in [1.165, 1.54) is 24.1 Å². The zero-order valence-corrected chi connectivity index (χ0v) is 24.5. The summed E-state index contributed by atoms with van der Waals surface area (Å²) < 4.78 is 39.4. The van der Waals surface area contributed by atoms with E-state index >= 15 is 0 Å². The number of hydrogen-bond donors (Lipinski definition) is 1. The van der Waals surface area contributed by atoms with E-state index in [0.717, 1.165) is 35.6 Å². The SMILES string of the molecule is COc1ccc(CN(C(=O)CN(c2cccc(OC)c2)S(=O)(=O)c2ccccc2)[C@H](C)C(=O)NC2CCCC2)cc1. The molecular weight excluding hydrogens is 542 g/mol. The van der Waals surface area contributed by atoms with E-state index < -0.39 is 28.5 Å². The molecule has 2 amide bonds. The van der Waals surface area contributed by atoms with Crippen molar-refractivity contribution < 1.29 is 27.5 Å². The third-order valence-corrected chi connectivity index (χ3v) is 9.12. The van der Waals surface area contributed by atoms with Gasteiger partial charge in [-0.05, 0) is 61.7 Å². The minimum Gasteiger partial charge on any atom is -0.497 e. The Morgan fingerprint density at radius 3 is 2.20 bits per heavy atom. The van der Waals surface area contributed by atoms with Crippen molar-refractivity contribution in [3.63, 3.8) is 0 Å². The van der Waals surface area contributed by atoms with E-state index in [4.69, 9.17) is 9.47 Å². The highest BCUT2D eigenvalue weighted by atomic mass is 32.2. The highest BCUT2D eigenvalue weighted by Crippen LogP contribution is 2.28. The van der Waals surface area contributed by atoms with Gasteiger partial charge >= 0.3 is 0 Å². The van der Waals surface area contributed by atoms with Gasteiger partial charge in [0.2, 0.25) is 11.8 Å². The number of benzene rings is 3. The fourth-order valence-corrected chi connectivity index (χ4v) is 6.34. The third-order valence-electron chi connectivity index (χ3n) is 7.33. The number of rotatable bonds is 12. The summed E-state index contributed by atoms with van der Waals surface area (Å²) in [6, 6.07) is 20.9. The van der Waals surface area contributed by atoms with Crippen LogP contribution < -0.4 is 19.1 Å². The summed E-state index contributed by atoms with van der Waals surface area (Å²) in [5.74, 6) is 0.328. The lowest BCUT2D eigenvalue weighted by molar-refractivity contribution is -0.139. The van der Waals surface area contributed by atoms with Gasteiger partial charge in [0, 0.05) is 18.7 Å². The second-order valence-electron chi connectivity index (χ2n) is 10.1. The molecule has 1 N–H and O–H groups in total. The van der Waals surface area contributed by atoms with Crippen LogP contribution in [0, 0.1) is 0 Å². The summed E-state index contributed by atoms with van der Waals surface area (Å²) in [5.41, 5.74) is 1.05. The maximum absolute atomic E-state index is 14.1. The van der Waals surface area contributed by atoms with Crippen molar-refractivity contribution in [1.29, 1.82) is 0 Å². The number of ether oxygens (including phenoxy) is 2. The van der Waals surface area contributed by atoms with Gasteiger partial charge in [-0.1, -0.05) is 49.2 Å². The maximum Gasteiger partial charge on any atom is 0.264 e. The van der Waals surface area contributed by atoms with Gasteiger partial charge in [-0.25, -0.2) is 8.42 Å². The molecule has 0 bridgehead atoms. The molecule has 1 fully saturated rings. The molecule has 1 atom stereocenters. The fourth-order valence-electron chi connectivity index (χ4n) is 4.92. The molecule has 0 heterocycles. The van der Waals surface area contributed by atoms with Gasteiger partial charge < -0.3 is 19.7 Å². The monoisotopic (exact) mass is 579 g/mol. The molecular formula is C31H37N3O6S. The number of carbonyl (C=O) groups is 2. The van der Waals surface area contributed by atoms with Crippen LogP contribution in [-0.2, 0) is 26.2 Å². The molecule has 0 saturated heterocycles. The molecule has 1 saturated carbocycles. The van der Waals surface area contributed by atoms with Gasteiger partial charge in [-0.3, -0.25) is 13.9 Å². The summed E-state index contributed by atoms with van der Waals surface area (Å²) in [6.07, 6.45) is 3.93. The predicted octanol–water partition coefficient (Wildman–Crippen LogP) is 4.38. The smallest absolute Gasteiger partial charge is 0.264 e. The summed E-state index contributed by atoms with van der Waals surface area (Å²) in [6.45, 7) is 1.27. The van der Waals surface area contributed by atoms with Gasteiger partial charge in [0.05, 0.1) is 24.8 Å². The number of anilines is 1. The molecule has 4 rings (SSSR count). The molecule has 3 aromatic carbocycles. The van der Waals surface area contributed by atoms with Crippen LogP contribution in [0.25, 0.3) is 0 Å². The van der Waals surface area contributed by atoms with Crippen molar-refractivity contribution in [2.75, 3.05) is 25.1 Å². The van der Waals surface area contributed by atoms with Crippen LogP contribution in [0.15, 0.2) is 83.8 Å². The minimum atomic E-state index is -4.14. The van der Waals surface area contributed by atoms with E-state index in [1.54, 1.807) is 68.6 Å². The standard InChI is InChI=1S/C31H37N3O6S/c1-23(31(36)32-25-10-7-8-11-25)33(21-24-16-18-27(39-2)19-17-24)30(35)22-34(26-12-9-13-28(20-26)40-3)41(37,38)29-14-5-4-6-15-29/h4-6,9,12-20,23,25H,7-8,10-11,21-22H2,1-3H3,(H,32,36)/t23-/m1/s1. The second-order valence-corrected chi connectivity index (χ2v) is 11.9. The summed E-state index contributed by atoms with van der Waals surface area (Å²) in [5, 5.41) is 3.07. The lowest BCUT2D eigenvalue weighted by atomic mass is 10.1. The van der Waals surface area contributed by atoms with Crippen molar-refractivity contribution in [3.8, 4) is 11.5 Å². The molecule has 0 spiro atoms. The van der Waals surface area contributed by atoms with Gasteiger partial charge in [-0.2, -0.15) is 0 Å². The average molecular weight is 580 g/mol. The highest BCUT2D eigenvalue weighted by Gasteiger charge is 2.33. The van der Waals surface area contributed by atoms with Crippen molar-refractivity contribution in [2.24, 2.45) is 0 Å². The highest BCUT2D eigenvalue weighted by molar-refractivity contribution is 7.92. The lowest BCUT2D eigenvalue weighted by Gasteiger charge is -2.32. The zero-order valence-electron chi connectivity index (χ0n) is 23.7. The Hall–Kier alpha value is -4.05. The zero-order chi connectivity index (χ0) is 29.4. The van der Waals surface area contributed by atoms with Crippen LogP contribution in [0.5, 0.6) is 11.5 Å². The van der Waals surface area contributed by atoms with Crippen LogP contribution in [0.3, 0.4) is 0 Å². The van der Waals surface area contributed by atoms with Crippen molar-refractivity contribution >= 4 is 27.5 Å². The Labute approximate surface area is 242 Å². The van der Waals surface area contributed by atoms with Crippen molar-refractivity contribution in [1.82, 2.24) is 10.2 Å². The largest absolute Gasteiger partial charge is 0.497 e. The molecule has 0 unspecified atom stereocenters. The Morgan fingerprint density at radius 2 is 1.56 bits per heavy atom. The number of carbonyl (C=O) groups excluding carboxylic acids is 2. The first kappa shape index (κ1) is 29.9. The van der Waals surface area contributed by atoms with Gasteiger partial charge in [-0.15, -0.1) is 0 Å². The first-order chi connectivity index (χ1) is 19.7. The first-order valence-electron chi connectivity index (χ1n) is 13.7. The molecule has 3 aromatic rings. The molecule has 9 nitrogen and oxygen atoms in total. The Bertz CT molecular complexity index is 1420. The van der Waals surface area contributed by atoms with E-state index in [2.05, 4.69) is 5.32 Å². The topological polar surface area (TPSA) is 105 Å². The molecule has 0 aromatic heterocycles. The second kappa shape index (κ2) is 13.5. The summed E-state index contributed by atoms with van der Waals surface area (Å²) >= 11 is 0. The van der Waals surface area contributed by atoms with Crippen LogP contribution >= 0.6 is 0 Å². The minimum absolute atomic E-state index is 0.0457. The molecule has 41 heavy (non-hydrogen) atoms. The van der Waals surface area contributed by atoms with E-state index in [0.29, 0.717) is 11.5 Å². The van der Waals surface area contributed by atoms with E-state index in [1.807, 2.05) is 12.1 Å². The quantitative estimate of drug-likeness (QED) is 0.342. The van der Waals surface area contributed by atoms with Crippen molar-refractivity contribution in [2.45, 2.75) is 56.1 Å². The van der Waals surface area contributed by atoms with Crippen LogP contribution in [0.2, 0.25) is 0 Å². The Kier molecular flexibility index (Phi) is 9.88. The summed E-state index contributed by atoms with van der Waals surface area (Å²) in [4.78, 5) is 28.8. The lowest BCUT2D eigenvalue weighted by Crippen LogP contribution is -2.52. The molecule has 0 aliphatic heterocycles. The van der Waals surface area contributed by atoms with E-state index in [-0.39, 0.29) is 29.1 Å². The molecule has 218 valence electrons. The number of nitrogens with one attached hydrogen (secondary N) is 1. The van der Waals surface area contributed by atoms with Crippen LogP contribution in [-0.4, -0.2) is 58.0 Å². The van der Waals surface area contributed by atoms with Gasteiger partial charge in [0.15, 0.2) is 0 Å². The van der Waals surface area contributed by atoms with E-state index in [9.17, 15) is 18.0 Å². The predicted molar refractivity (Wildman–Crippen MR) is 157 cm³/mol. The van der Waals surface area contributed by atoms with Gasteiger partial charge in [0.1, 0.15) is 24.1 Å². The molecule has 1 aliphatic carbocycles. The van der Waals surface area contributed by atoms with Gasteiger partial charge in [0.25, 0.3) is 10.0 Å². The van der Waals surface area contributed by atoms with Crippen molar-refractivity contribution in [3.05, 3.63) is 84.4 Å². The number of nitrogens with zero attached hydrogens (tertiary/aromatic N) is 2. The number of sulfonamides is 1. The fraction of sp³-hybridized carbons (Fsp3) is 0.355. The number of amides is 2. The molecule has 1 aliphatic rings. The Morgan fingerprint density at radius 1 is 0.902 bits per heavy atom. The third kappa shape index (κ3) is 7.38.